The molecule has 0 atom stereocenters. The first-order chi connectivity index (χ1) is 9.76. The SMILES string of the molecule is CCSc1cccc(NCc2ccccc2Cl)c1C#N. The van der Waals surface area contributed by atoms with Gasteiger partial charge in [-0.2, -0.15) is 5.26 Å². The summed E-state index contributed by atoms with van der Waals surface area (Å²) in [7, 11) is 0. The van der Waals surface area contributed by atoms with Gasteiger partial charge in [-0.05, 0) is 29.5 Å². The van der Waals surface area contributed by atoms with E-state index in [0.29, 0.717) is 12.1 Å². The Morgan fingerprint density at radius 3 is 2.70 bits per heavy atom. The largest absolute Gasteiger partial charge is 0.380 e. The maximum absolute atomic E-state index is 9.35. The van der Waals surface area contributed by atoms with Gasteiger partial charge in [0, 0.05) is 16.5 Å². The van der Waals surface area contributed by atoms with Gasteiger partial charge < -0.3 is 5.32 Å². The van der Waals surface area contributed by atoms with E-state index in [4.69, 9.17) is 11.6 Å². The highest BCUT2D eigenvalue weighted by Gasteiger charge is 2.08. The van der Waals surface area contributed by atoms with E-state index in [9.17, 15) is 5.26 Å². The summed E-state index contributed by atoms with van der Waals surface area (Å²) in [6.45, 7) is 2.68. The molecule has 0 aliphatic carbocycles. The molecular formula is C16H15ClN2S. The van der Waals surface area contributed by atoms with Crippen LogP contribution in [0.3, 0.4) is 0 Å². The average Bonchev–Trinajstić information content (AvgIpc) is 2.47. The zero-order chi connectivity index (χ0) is 14.4. The van der Waals surface area contributed by atoms with Gasteiger partial charge in [0.1, 0.15) is 6.07 Å². The van der Waals surface area contributed by atoms with Gasteiger partial charge in [-0.15, -0.1) is 11.8 Å². The molecule has 20 heavy (non-hydrogen) atoms. The quantitative estimate of drug-likeness (QED) is 0.795. The standard InChI is InChI=1S/C16H15ClN2S/c1-2-20-16-9-5-8-15(13(16)10-18)19-11-12-6-3-4-7-14(12)17/h3-9,19H,2,11H2,1H3. The topological polar surface area (TPSA) is 35.8 Å². The number of hydrogen-bond donors (Lipinski definition) is 1. The summed E-state index contributed by atoms with van der Waals surface area (Å²) in [6.07, 6.45) is 0. The molecule has 1 N–H and O–H groups in total. The van der Waals surface area contributed by atoms with E-state index in [-0.39, 0.29) is 0 Å². The molecule has 2 aromatic rings. The molecule has 0 unspecified atom stereocenters. The van der Waals surface area contributed by atoms with Crippen LogP contribution in [0.15, 0.2) is 47.4 Å². The molecule has 2 nitrogen and oxygen atoms in total. The van der Waals surface area contributed by atoms with Gasteiger partial charge in [-0.3, -0.25) is 0 Å². The number of anilines is 1. The van der Waals surface area contributed by atoms with Crippen molar-refractivity contribution in [2.24, 2.45) is 0 Å². The Labute approximate surface area is 128 Å². The minimum absolute atomic E-state index is 0.606. The third-order valence-corrected chi connectivity index (χ3v) is 4.17. The van der Waals surface area contributed by atoms with E-state index < -0.39 is 0 Å². The molecule has 0 radical (unpaired) electrons. The van der Waals surface area contributed by atoms with E-state index in [1.165, 1.54) is 0 Å². The van der Waals surface area contributed by atoms with Crippen LogP contribution in [-0.4, -0.2) is 5.75 Å². The predicted octanol–water partition coefficient (Wildman–Crippen LogP) is 4.94. The van der Waals surface area contributed by atoms with Gasteiger partial charge in [0.25, 0.3) is 0 Å². The van der Waals surface area contributed by atoms with Crippen molar-refractivity contribution in [1.82, 2.24) is 0 Å². The number of thioether (sulfide) groups is 1. The van der Waals surface area contributed by atoms with Crippen molar-refractivity contribution < 1.29 is 0 Å². The molecule has 0 spiro atoms. The first-order valence-corrected chi connectivity index (χ1v) is 7.75. The lowest BCUT2D eigenvalue weighted by molar-refractivity contribution is 1.14. The molecule has 102 valence electrons. The van der Waals surface area contributed by atoms with Crippen LogP contribution in [0.25, 0.3) is 0 Å². The van der Waals surface area contributed by atoms with Crippen molar-refractivity contribution in [2.45, 2.75) is 18.4 Å². The molecule has 0 aromatic heterocycles. The molecule has 0 saturated carbocycles. The minimum atomic E-state index is 0.606. The van der Waals surface area contributed by atoms with Crippen LogP contribution >= 0.6 is 23.4 Å². The second-order valence-electron chi connectivity index (χ2n) is 4.17. The maximum Gasteiger partial charge on any atom is 0.102 e. The number of halogens is 1. The Bertz CT molecular complexity index is 635. The lowest BCUT2D eigenvalue weighted by atomic mass is 10.1. The Hall–Kier alpha value is -1.63. The lowest BCUT2D eigenvalue weighted by Gasteiger charge is -2.11. The van der Waals surface area contributed by atoms with Crippen LogP contribution in [0.1, 0.15) is 18.1 Å². The summed E-state index contributed by atoms with van der Waals surface area (Å²) < 4.78 is 0. The number of nitrogens with zero attached hydrogens (tertiary/aromatic N) is 1. The van der Waals surface area contributed by atoms with E-state index >= 15 is 0 Å². The van der Waals surface area contributed by atoms with E-state index in [2.05, 4.69) is 18.3 Å². The molecule has 4 heteroatoms. The van der Waals surface area contributed by atoms with Crippen LogP contribution in [0.5, 0.6) is 0 Å². The second-order valence-corrected chi connectivity index (χ2v) is 5.88. The molecule has 0 aliphatic rings. The number of rotatable bonds is 5. The highest BCUT2D eigenvalue weighted by atomic mass is 35.5. The normalized spacial score (nSPS) is 10.1. The van der Waals surface area contributed by atoms with Crippen molar-refractivity contribution >= 4 is 29.1 Å². The highest BCUT2D eigenvalue weighted by Crippen LogP contribution is 2.28. The summed E-state index contributed by atoms with van der Waals surface area (Å²) in [5.41, 5.74) is 2.57. The fraction of sp³-hybridized carbons (Fsp3) is 0.188. The molecular weight excluding hydrogens is 288 g/mol. The maximum atomic E-state index is 9.35. The molecule has 2 aromatic carbocycles. The van der Waals surface area contributed by atoms with Crippen molar-refractivity contribution in [2.75, 3.05) is 11.1 Å². The van der Waals surface area contributed by atoms with Crippen LogP contribution < -0.4 is 5.32 Å². The third-order valence-electron chi connectivity index (χ3n) is 2.86. The van der Waals surface area contributed by atoms with Crippen molar-refractivity contribution in [3.05, 3.63) is 58.6 Å². The van der Waals surface area contributed by atoms with Crippen LogP contribution in [-0.2, 0) is 6.54 Å². The summed E-state index contributed by atoms with van der Waals surface area (Å²) in [6, 6.07) is 15.9. The molecule has 0 saturated heterocycles. The fourth-order valence-electron chi connectivity index (χ4n) is 1.90. The van der Waals surface area contributed by atoms with Crippen molar-refractivity contribution in [3.8, 4) is 6.07 Å². The van der Waals surface area contributed by atoms with Crippen molar-refractivity contribution in [1.29, 1.82) is 5.26 Å². The van der Waals surface area contributed by atoms with Gasteiger partial charge in [0.05, 0.1) is 11.3 Å². The van der Waals surface area contributed by atoms with Gasteiger partial charge >= 0.3 is 0 Å². The highest BCUT2D eigenvalue weighted by molar-refractivity contribution is 7.99. The zero-order valence-corrected chi connectivity index (χ0v) is 12.8. The first-order valence-electron chi connectivity index (χ1n) is 6.39. The summed E-state index contributed by atoms with van der Waals surface area (Å²) in [4.78, 5) is 1.01. The first kappa shape index (κ1) is 14.8. The number of nitriles is 1. The number of nitrogens with one attached hydrogen (secondary N) is 1. The molecule has 0 amide bonds. The molecule has 2 rings (SSSR count). The summed E-state index contributed by atoms with van der Waals surface area (Å²) in [5, 5.41) is 13.4. The molecule has 0 fully saturated rings. The Kier molecular flexibility index (Phi) is 5.34. The average molecular weight is 303 g/mol. The molecule has 0 aliphatic heterocycles. The Balaban J connectivity index is 2.20. The van der Waals surface area contributed by atoms with Crippen LogP contribution in [0, 0.1) is 11.3 Å². The lowest BCUT2D eigenvalue weighted by Crippen LogP contribution is -2.02. The monoisotopic (exact) mass is 302 g/mol. The Morgan fingerprint density at radius 2 is 2.00 bits per heavy atom. The Morgan fingerprint density at radius 1 is 1.20 bits per heavy atom. The van der Waals surface area contributed by atoms with E-state index in [0.717, 1.165) is 26.9 Å². The van der Waals surface area contributed by atoms with Crippen LogP contribution in [0.4, 0.5) is 5.69 Å². The predicted molar refractivity (Wildman–Crippen MR) is 86.3 cm³/mol. The van der Waals surface area contributed by atoms with Gasteiger partial charge in [0.2, 0.25) is 0 Å². The smallest absolute Gasteiger partial charge is 0.102 e. The zero-order valence-electron chi connectivity index (χ0n) is 11.2. The third kappa shape index (κ3) is 3.47. The van der Waals surface area contributed by atoms with E-state index in [1.807, 2.05) is 42.5 Å². The van der Waals surface area contributed by atoms with Gasteiger partial charge in [-0.1, -0.05) is 42.8 Å². The number of benzene rings is 2. The van der Waals surface area contributed by atoms with Crippen LogP contribution in [0.2, 0.25) is 5.02 Å². The minimum Gasteiger partial charge on any atom is -0.380 e. The van der Waals surface area contributed by atoms with E-state index in [1.54, 1.807) is 11.8 Å². The number of hydrogen-bond acceptors (Lipinski definition) is 3. The van der Waals surface area contributed by atoms with Gasteiger partial charge in [0.15, 0.2) is 0 Å². The fourth-order valence-corrected chi connectivity index (χ4v) is 2.89. The summed E-state index contributed by atoms with van der Waals surface area (Å²) >= 11 is 7.81. The van der Waals surface area contributed by atoms with Gasteiger partial charge in [-0.25, -0.2) is 0 Å². The second kappa shape index (κ2) is 7.23. The molecule has 0 heterocycles. The van der Waals surface area contributed by atoms with Crippen molar-refractivity contribution in [3.63, 3.8) is 0 Å². The summed E-state index contributed by atoms with van der Waals surface area (Å²) in [5.74, 6) is 0.947. The molecule has 0 bridgehead atoms.